The van der Waals surface area contributed by atoms with Gasteiger partial charge in [-0.1, -0.05) is 45.4 Å². The van der Waals surface area contributed by atoms with E-state index < -0.39 is 0 Å². The number of hydrogen-bond acceptors (Lipinski definition) is 0. The van der Waals surface area contributed by atoms with Crippen LogP contribution in [0.5, 0.6) is 0 Å². The standard InChI is InChI=1S/C22H34/c1-15-8-12-21(4)16(14-15)6-7-17-18(21)10-13-22(5)19(17)9-11-20(22,2)3/h6,14,17-19H,7-13H2,1-5H3. The van der Waals surface area contributed by atoms with Crippen molar-refractivity contribution in [2.24, 2.45) is 34.0 Å². The topological polar surface area (TPSA) is 0 Å². The van der Waals surface area contributed by atoms with Crippen LogP contribution in [0.15, 0.2) is 23.3 Å². The van der Waals surface area contributed by atoms with Crippen LogP contribution in [0.4, 0.5) is 0 Å². The van der Waals surface area contributed by atoms with Gasteiger partial charge in [0.05, 0.1) is 0 Å². The summed E-state index contributed by atoms with van der Waals surface area (Å²) in [7, 11) is 0. The van der Waals surface area contributed by atoms with Crippen LogP contribution in [0, 0.1) is 34.0 Å². The SMILES string of the molecule is CC1=CC2=CCC3C(CCC4(C)C3CCC4(C)C)C2(C)CC1. The molecule has 4 rings (SSSR count). The fourth-order valence-electron chi connectivity index (χ4n) is 6.96. The third-order valence-corrected chi connectivity index (χ3v) is 8.98. The second-order valence-electron chi connectivity index (χ2n) is 10.1. The normalized spacial score (nSPS) is 49.6. The van der Waals surface area contributed by atoms with Gasteiger partial charge in [0.2, 0.25) is 0 Å². The van der Waals surface area contributed by atoms with Crippen LogP contribution < -0.4 is 0 Å². The summed E-state index contributed by atoms with van der Waals surface area (Å²) < 4.78 is 0. The van der Waals surface area contributed by atoms with Gasteiger partial charge in [-0.3, -0.25) is 0 Å². The number of hydrogen-bond donors (Lipinski definition) is 0. The second-order valence-corrected chi connectivity index (χ2v) is 10.1. The van der Waals surface area contributed by atoms with E-state index >= 15 is 0 Å². The summed E-state index contributed by atoms with van der Waals surface area (Å²) in [5.74, 6) is 2.88. The van der Waals surface area contributed by atoms with Gasteiger partial charge in [-0.2, -0.15) is 0 Å². The minimum atomic E-state index is 0.483. The summed E-state index contributed by atoms with van der Waals surface area (Å²) in [6.45, 7) is 12.6. The predicted octanol–water partition coefficient (Wildman–Crippen LogP) is 6.53. The van der Waals surface area contributed by atoms with E-state index in [4.69, 9.17) is 0 Å². The van der Waals surface area contributed by atoms with Gasteiger partial charge in [-0.15, -0.1) is 0 Å². The van der Waals surface area contributed by atoms with Crippen molar-refractivity contribution in [1.29, 1.82) is 0 Å². The van der Waals surface area contributed by atoms with E-state index in [1.54, 1.807) is 11.1 Å². The van der Waals surface area contributed by atoms with Gasteiger partial charge in [-0.05, 0) is 91.4 Å². The number of allylic oxidation sites excluding steroid dienone is 4. The fraction of sp³-hybridized carbons (Fsp3) is 0.818. The number of rotatable bonds is 0. The quantitative estimate of drug-likeness (QED) is 0.477. The van der Waals surface area contributed by atoms with Crippen LogP contribution in [0.1, 0.15) is 79.6 Å². The molecule has 0 heteroatoms. The van der Waals surface area contributed by atoms with Crippen LogP contribution in [0.25, 0.3) is 0 Å². The van der Waals surface area contributed by atoms with Crippen molar-refractivity contribution >= 4 is 0 Å². The summed E-state index contributed by atoms with van der Waals surface area (Å²) in [6, 6.07) is 0. The molecule has 0 nitrogen and oxygen atoms in total. The molecule has 0 heterocycles. The first-order chi connectivity index (χ1) is 10.3. The Bertz CT molecular complexity index is 548. The van der Waals surface area contributed by atoms with E-state index in [9.17, 15) is 0 Å². The molecule has 0 amide bonds. The molecule has 0 aromatic carbocycles. The zero-order valence-corrected chi connectivity index (χ0v) is 15.3. The maximum absolute atomic E-state index is 2.64. The Balaban J connectivity index is 1.72. The Labute approximate surface area is 137 Å². The highest BCUT2D eigenvalue weighted by atomic mass is 14.6. The Morgan fingerprint density at radius 3 is 2.45 bits per heavy atom. The summed E-state index contributed by atoms with van der Waals surface area (Å²) in [4.78, 5) is 0. The molecule has 0 spiro atoms. The molecule has 5 unspecified atom stereocenters. The average Bonchev–Trinajstić information content (AvgIpc) is 2.70. The molecule has 122 valence electrons. The molecular weight excluding hydrogens is 264 g/mol. The largest absolute Gasteiger partial charge is 0.0805 e. The molecule has 5 atom stereocenters. The van der Waals surface area contributed by atoms with E-state index in [1.807, 2.05) is 0 Å². The van der Waals surface area contributed by atoms with Gasteiger partial charge < -0.3 is 0 Å². The van der Waals surface area contributed by atoms with Crippen molar-refractivity contribution in [2.75, 3.05) is 0 Å². The molecule has 0 N–H and O–H groups in total. The third kappa shape index (κ3) is 1.76. The minimum absolute atomic E-state index is 0.483. The van der Waals surface area contributed by atoms with Gasteiger partial charge in [-0.25, -0.2) is 0 Å². The van der Waals surface area contributed by atoms with E-state index in [-0.39, 0.29) is 0 Å². The number of fused-ring (bicyclic) bond motifs is 5. The first kappa shape index (κ1) is 15.0. The molecule has 0 aromatic heterocycles. The van der Waals surface area contributed by atoms with E-state index in [0.717, 1.165) is 17.8 Å². The van der Waals surface area contributed by atoms with Gasteiger partial charge in [0.25, 0.3) is 0 Å². The van der Waals surface area contributed by atoms with Crippen molar-refractivity contribution in [1.82, 2.24) is 0 Å². The van der Waals surface area contributed by atoms with Crippen molar-refractivity contribution in [2.45, 2.75) is 79.6 Å². The van der Waals surface area contributed by atoms with E-state index in [1.165, 1.54) is 44.9 Å². The Kier molecular flexibility index (Phi) is 3.09. The lowest BCUT2D eigenvalue weighted by Crippen LogP contribution is -2.50. The lowest BCUT2D eigenvalue weighted by atomic mass is 9.46. The molecule has 0 bridgehead atoms. The predicted molar refractivity (Wildman–Crippen MR) is 94.6 cm³/mol. The zero-order valence-electron chi connectivity index (χ0n) is 15.3. The molecule has 0 aliphatic heterocycles. The highest BCUT2D eigenvalue weighted by Gasteiger charge is 2.60. The Morgan fingerprint density at radius 1 is 0.955 bits per heavy atom. The van der Waals surface area contributed by atoms with Crippen molar-refractivity contribution < 1.29 is 0 Å². The van der Waals surface area contributed by atoms with Gasteiger partial charge >= 0.3 is 0 Å². The molecular formula is C22H34. The monoisotopic (exact) mass is 298 g/mol. The van der Waals surface area contributed by atoms with E-state index in [0.29, 0.717) is 16.2 Å². The van der Waals surface area contributed by atoms with Crippen molar-refractivity contribution in [3.8, 4) is 0 Å². The fourth-order valence-corrected chi connectivity index (χ4v) is 6.96. The highest BCUT2D eigenvalue weighted by molar-refractivity contribution is 5.36. The molecule has 2 fully saturated rings. The summed E-state index contributed by atoms with van der Waals surface area (Å²) >= 11 is 0. The van der Waals surface area contributed by atoms with Gasteiger partial charge in [0, 0.05) is 0 Å². The van der Waals surface area contributed by atoms with Crippen LogP contribution in [-0.2, 0) is 0 Å². The lowest BCUT2D eigenvalue weighted by molar-refractivity contribution is -0.0577. The highest BCUT2D eigenvalue weighted by Crippen LogP contribution is 2.69. The first-order valence-corrected chi connectivity index (χ1v) is 9.66. The smallest absolute Gasteiger partial charge is 0.00443 e. The molecule has 4 aliphatic rings. The van der Waals surface area contributed by atoms with Crippen LogP contribution in [-0.4, -0.2) is 0 Å². The van der Waals surface area contributed by atoms with Crippen molar-refractivity contribution in [3.05, 3.63) is 23.3 Å². The Morgan fingerprint density at radius 2 is 1.68 bits per heavy atom. The Hall–Kier alpha value is -0.520. The van der Waals surface area contributed by atoms with Crippen molar-refractivity contribution in [3.63, 3.8) is 0 Å². The molecule has 22 heavy (non-hydrogen) atoms. The average molecular weight is 299 g/mol. The van der Waals surface area contributed by atoms with Crippen LogP contribution in [0.2, 0.25) is 0 Å². The summed E-state index contributed by atoms with van der Waals surface area (Å²) in [5, 5.41) is 0. The molecule has 0 aromatic rings. The van der Waals surface area contributed by atoms with Gasteiger partial charge in [0.1, 0.15) is 0 Å². The van der Waals surface area contributed by atoms with Gasteiger partial charge in [0.15, 0.2) is 0 Å². The second kappa shape index (κ2) is 4.52. The third-order valence-electron chi connectivity index (χ3n) is 8.98. The lowest BCUT2D eigenvalue weighted by Gasteiger charge is -2.58. The van der Waals surface area contributed by atoms with Crippen LogP contribution >= 0.6 is 0 Å². The molecule has 4 aliphatic carbocycles. The summed E-state index contributed by atoms with van der Waals surface area (Å²) in [5.41, 5.74) is 4.92. The van der Waals surface area contributed by atoms with Crippen LogP contribution in [0.3, 0.4) is 0 Å². The zero-order chi connectivity index (χ0) is 15.8. The molecule has 0 radical (unpaired) electrons. The molecule has 0 saturated heterocycles. The minimum Gasteiger partial charge on any atom is -0.0805 e. The van der Waals surface area contributed by atoms with E-state index in [2.05, 4.69) is 46.8 Å². The summed E-state index contributed by atoms with van der Waals surface area (Å²) in [6.07, 6.45) is 15.1. The first-order valence-electron chi connectivity index (χ1n) is 9.66. The molecule has 2 saturated carbocycles. The maximum Gasteiger partial charge on any atom is -0.00443 e. The maximum atomic E-state index is 2.64.